The molecule has 0 fully saturated rings. The molecule has 2 aromatic rings. The number of carbonyl (C=O) groups is 3. The van der Waals surface area contributed by atoms with Crippen LogP contribution in [0.15, 0.2) is 34.8 Å². The molecule has 5 heteroatoms. The first-order chi connectivity index (χ1) is 10.4. The number of nitrogen functional groups attached to an aromatic ring is 1. The molecule has 0 amide bonds. The van der Waals surface area contributed by atoms with Gasteiger partial charge in [0.25, 0.3) is 0 Å². The van der Waals surface area contributed by atoms with Crippen LogP contribution in [0.2, 0.25) is 0 Å². The number of halogens is 1. The van der Waals surface area contributed by atoms with E-state index in [9.17, 15) is 14.4 Å². The molecular formula is C17H12BrNO3. The molecule has 0 saturated heterocycles. The zero-order valence-corrected chi connectivity index (χ0v) is 13.4. The van der Waals surface area contributed by atoms with Crippen molar-refractivity contribution in [2.75, 3.05) is 5.73 Å². The third kappa shape index (κ3) is 2.09. The number of rotatable bonds is 2. The third-order valence-electron chi connectivity index (χ3n) is 3.72. The molecule has 0 bridgehead atoms. The maximum atomic E-state index is 12.8. The van der Waals surface area contributed by atoms with Crippen LogP contribution in [0, 0.1) is 0 Å². The minimum absolute atomic E-state index is 0.0304. The van der Waals surface area contributed by atoms with Crippen molar-refractivity contribution in [1.29, 1.82) is 0 Å². The molecule has 0 radical (unpaired) electrons. The number of anilines is 1. The standard InChI is InChI=1S/C17H12BrNO3/c1-8(20)6-11-13(19)7-12(18)15-14(11)16(21)9-4-2-3-5-10(9)17(15)22/h2-5,7H,6,19H2,1H3. The number of nitrogens with two attached hydrogens (primary N) is 1. The van der Waals surface area contributed by atoms with Gasteiger partial charge in [-0.1, -0.05) is 24.3 Å². The highest BCUT2D eigenvalue weighted by molar-refractivity contribution is 9.10. The van der Waals surface area contributed by atoms with E-state index in [4.69, 9.17) is 5.73 Å². The molecular weight excluding hydrogens is 346 g/mol. The van der Waals surface area contributed by atoms with Crippen molar-refractivity contribution in [2.45, 2.75) is 13.3 Å². The van der Waals surface area contributed by atoms with E-state index in [2.05, 4.69) is 15.9 Å². The molecule has 0 spiro atoms. The van der Waals surface area contributed by atoms with Crippen molar-refractivity contribution in [3.05, 3.63) is 62.6 Å². The fraction of sp³-hybridized carbons (Fsp3) is 0.118. The van der Waals surface area contributed by atoms with Crippen LogP contribution in [0.3, 0.4) is 0 Å². The summed E-state index contributed by atoms with van der Waals surface area (Å²) in [4.78, 5) is 37.0. The molecule has 0 atom stereocenters. The second-order valence-electron chi connectivity index (χ2n) is 5.26. The number of ketones is 3. The Balaban J connectivity index is 2.36. The predicted molar refractivity (Wildman–Crippen MR) is 86.2 cm³/mol. The molecule has 4 nitrogen and oxygen atoms in total. The summed E-state index contributed by atoms with van der Waals surface area (Å²) in [7, 11) is 0. The normalized spacial score (nSPS) is 12.8. The summed E-state index contributed by atoms with van der Waals surface area (Å²) in [6.07, 6.45) is 0.0304. The minimum atomic E-state index is -0.269. The SMILES string of the molecule is CC(=O)Cc1c(N)cc(Br)c2c1C(=O)c1ccccc1C2=O. The van der Waals surface area contributed by atoms with Gasteiger partial charge in [-0.05, 0) is 34.5 Å². The van der Waals surface area contributed by atoms with Gasteiger partial charge in [-0.2, -0.15) is 0 Å². The van der Waals surface area contributed by atoms with Crippen molar-refractivity contribution < 1.29 is 14.4 Å². The first-order valence-electron chi connectivity index (χ1n) is 6.70. The highest BCUT2D eigenvalue weighted by atomic mass is 79.9. The highest BCUT2D eigenvalue weighted by Gasteiger charge is 2.34. The molecule has 3 rings (SSSR count). The van der Waals surface area contributed by atoms with E-state index in [1.807, 2.05) is 0 Å². The van der Waals surface area contributed by atoms with E-state index in [1.165, 1.54) is 6.92 Å². The minimum Gasteiger partial charge on any atom is -0.398 e. The van der Waals surface area contributed by atoms with E-state index < -0.39 is 0 Å². The molecule has 0 aromatic heterocycles. The lowest BCUT2D eigenvalue weighted by molar-refractivity contribution is -0.116. The van der Waals surface area contributed by atoms with Gasteiger partial charge >= 0.3 is 0 Å². The first kappa shape index (κ1) is 14.7. The van der Waals surface area contributed by atoms with Crippen molar-refractivity contribution in [3.8, 4) is 0 Å². The fourth-order valence-electron chi connectivity index (χ4n) is 2.77. The van der Waals surface area contributed by atoms with Crippen LogP contribution < -0.4 is 5.73 Å². The van der Waals surface area contributed by atoms with Crippen LogP contribution in [0.25, 0.3) is 0 Å². The lowest BCUT2D eigenvalue weighted by atomic mass is 9.80. The Kier molecular flexibility index (Phi) is 3.45. The predicted octanol–water partition coefficient (Wildman–Crippen LogP) is 2.94. The van der Waals surface area contributed by atoms with E-state index in [-0.39, 0.29) is 34.9 Å². The van der Waals surface area contributed by atoms with Crippen LogP contribution in [-0.4, -0.2) is 17.3 Å². The molecule has 0 aliphatic heterocycles. The Bertz CT molecular complexity index is 855. The summed E-state index contributed by atoms with van der Waals surface area (Å²) in [5.41, 5.74) is 7.99. The lowest BCUT2D eigenvalue weighted by Gasteiger charge is -2.22. The quantitative estimate of drug-likeness (QED) is 0.715. The van der Waals surface area contributed by atoms with Gasteiger partial charge in [0.05, 0.1) is 0 Å². The maximum Gasteiger partial charge on any atom is 0.195 e. The van der Waals surface area contributed by atoms with Crippen molar-refractivity contribution >= 4 is 39.0 Å². The van der Waals surface area contributed by atoms with Crippen LogP contribution in [-0.2, 0) is 11.2 Å². The second kappa shape index (κ2) is 5.18. The number of benzene rings is 2. The van der Waals surface area contributed by atoms with Crippen LogP contribution >= 0.6 is 15.9 Å². The number of carbonyl (C=O) groups excluding carboxylic acids is 3. The van der Waals surface area contributed by atoms with Gasteiger partial charge in [-0.25, -0.2) is 0 Å². The van der Waals surface area contributed by atoms with Gasteiger partial charge < -0.3 is 5.73 Å². The monoisotopic (exact) mass is 357 g/mol. The van der Waals surface area contributed by atoms with Gasteiger partial charge in [0.1, 0.15) is 5.78 Å². The molecule has 22 heavy (non-hydrogen) atoms. The summed E-state index contributed by atoms with van der Waals surface area (Å²) in [5, 5.41) is 0. The molecule has 110 valence electrons. The molecule has 0 heterocycles. The van der Waals surface area contributed by atoms with Gasteiger partial charge in [-0.15, -0.1) is 0 Å². The van der Waals surface area contributed by atoms with Crippen molar-refractivity contribution in [1.82, 2.24) is 0 Å². The van der Waals surface area contributed by atoms with E-state index in [0.29, 0.717) is 26.9 Å². The van der Waals surface area contributed by atoms with Crippen LogP contribution in [0.5, 0.6) is 0 Å². The molecule has 0 unspecified atom stereocenters. The molecule has 1 aliphatic carbocycles. The van der Waals surface area contributed by atoms with E-state index in [1.54, 1.807) is 30.3 Å². The fourth-order valence-corrected chi connectivity index (χ4v) is 3.40. The Labute approximate surface area is 135 Å². The largest absolute Gasteiger partial charge is 0.398 e. The third-order valence-corrected chi connectivity index (χ3v) is 4.34. The maximum absolute atomic E-state index is 12.8. The van der Waals surface area contributed by atoms with Gasteiger partial charge in [0.2, 0.25) is 0 Å². The molecule has 2 N–H and O–H groups in total. The van der Waals surface area contributed by atoms with Crippen molar-refractivity contribution in [2.24, 2.45) is 0 Å². The molecule has 0 saturated carbocycles. The first-order valence-corrected chi connectivity index (χ1v) is 7.49. The van der Waals surface area contributed by atoms with Gasteiger partial charge in [0.15, 0.2) is 11.6 Å². The Morgan fingerprint density at radius 2 is 1.64 bits per heavy atom. The number of fused-ring (bicyclic) bond motifs is 2. The average Bonchev–Trinajstić information content (AvgIpc) is 2.47. The zero-order valence-electron chi connectivity index (χ0n) is 11.8. The zero-order chi connectivity index (χ0) is 16.0. The van der Waals surface area contributed by atoms with Crippen LogP contribution in [0.4, 0.5) is 5.69 Å². The summed E-state index contributed by atoms with van der Waals surface area (Å²) in [6.45, 7) is 1.43. The highest BCUT2D eigenvalue weighted by Crippen LogP contribution is 2.37. The molecule has 2 aromatic carbocycles. The second-order valence-corrected chi connectivity index (χ2v) is 6.11. The van der Waals surface area contributed by atoms with E-state index >= 15 is 0 Å². The summed E-state index contributed by atoms with van der Waals surface area (Å²) >= 11 is 3.32. The Morgan fingerprint density at radius 1 is 1.09 bits per heavy atom. The summed E-state index contributed by atoms with van der Waals surface area (Å²) in [5.74, 6) is -0.619. The van der Waals surface area contributed by atoms with E-state index in [0.717, 1.165) is 0 Å². The summed E-state index contributed by atoms with van der Waals surface area (Å²) in [6, 6.07) is 8.26. The molecule has 1 aliphatic rings. The average molecular weight is 358 g/mol. The lowest BCUT2D eigenvalue weighted by Crippen LogP contribution is -2.24. The Morgan fingerprint density at radius 3 is 2.18 bits per heavy atom. The number of hydrogen-bond donors (Lipinski definition) is 1. The van der Waals surface area contributed by atoms with Crippen molar-refractivity contribution in [3.63, 3.8) is 0 Å². The topological polar surface area (TPSA) is 77.2 Å². The summed E-state index contributed by atoms with van der Waals surface area (Å²) < 4.78 is 0.472. The van der Waals surface area contributed by atoms with Gasteiger partial charge in [0, 0.05) is 38.8 Å². The Hall–Kier alpha value is -2.27. The van der Waals surface area contributed by atoms with Gasteiger partial charge in [-0.3, -0.25) is 14.4 Å². The van der Waals surface area contributed by atoms with Crippen LogP contribution in [0.1, 0.15) is 44.3 Å². The number of Topliss-reactive ketones (excluding diaryl/α,β-unsaturated/α-hetero) is 1. The number of hydrogen-bond acceptors (Lipinski definition) is 4. The smallest absolute Gasteiger partial charge is 0.195 e.